The van der Waals surface area contributed by atoms with Crippen LogP contribution in [-0.4, -0.2) is 49.2 Å². The molecule has 1 aliphatic carbocycles. The number of fused-ring (bicyclic) bond motifs is 1. The molecule has 0 unspecified atom stereocenters. The van der Waals surface area contributed by atoms with Gasteiger partial charge in [0.25, 0.3) is 0 Å². The van der Waals surface area contributed by atoms with Crippen LogP contribution >= 0.6 is 11.6 Å². The number of carbonyl (C=O) groups excluding carboxylic acids is 1. The summed E-state index contributed by atoms with van der Waals surface area (Å²) in [6.07, 6.45) is 5.89. The van der Waals surface area contributed by atoms with Gasteiger partial charge >= 0.3 is 0 Å². The van der Waals surface area contributed by atoms with Gasteiger partial charge in [-0.05, 0) is 30.2 Å². The Hall–Kier alpha value is -2.68. The number of hydroxylamine groups is 1. The zero-order valence-electron chi connectivity index (χ0n) is 17.5. The lowest BCUT2D eigenvalue weighted by Gasteiger charge is -2.29. The first-order valence-corrected chi connectivity index (χ1v) is 10.8. The quantitative estimate of drug-likeness (QED) is 0.700. The number of halogens is 1. The fraction of sp³-hybridized carbons (Fsp3) is 0.409. The molecular formula is C22H26ClN5O3. The van der Waals surface area contributed by atoms with Crippen molar-refractivity contribution in [1.82, 2.24) is 20.6 Å². The molecule has 2 aliphatic rings. The van der Waals surface area contributed by atoms with Gasteiger partial charge in [-0.25, -0.2) is 15.0 Å². The molecule has 2 bridgehead atoms. The number of nitrogens with one attached hydrogen (secondary N) is 2. The van der Waals surface area contributed by atoms with Crippen molar-refractivity contribution in [2.24, 2.45) is 0 Å². The van der Waals surface area contributed by atoms with Crippen LogP contribution in [0.4, 0.5) is 5.82 Å². The van der Waals surface area contributed by atoms with Crippen molar-refractivity contribution in [1.29, 1.82) is 0 Å². The predicted molar refractivity (Wildman–Crippen MR) is 120 cm³/mol. The third kappa shape index (κ3) is 5.15. The highest BCUT2D eigenvalue weighted by Crippen LogP contribution is 2.34. The number of rotatable bonds is 1. The summed E-state index contributed by atoms with van der Waals surface area (Å²) in [7, 11) is 1.62. The lowest BCUT2D eigenvalue weighted by molar-refractivity contribution is -0.121. The summed E-state index contributed by atoms with van der Waals surface area (Å²) in [5.74, 6) is 1.39. The van der Waals surface area contributed by atoms with Crippen molar-refractivity contribution >= 4 is 34.2 Å². The van der Waals surface area contributed by atoms with Gasteiger partial charge in [0, 0.05) is 49.3 Å². The summed E-state index contributed by atoms with van der Waals surface area (Å²) >= 11 is 6.35. The number of hydrogen-bond donors (Lipinski definition) is 2. The highest BCUT2D eigenvalue weighted by Gasteiger charge is 2.23. The fourth-order valence-electron chi connectivity index (χ4n) is 3.74. The molecule has 0 atom stereocenters. The van der Waals surface area contributed by atoms with E-state index in [1.165, 1.54) is 6.33 Å². The van der Waals surface area contributed by atoms with Crippen LogP contribution in [0.25, 0.3) is 10.9 Å². The van der Waals surface area contributed by atoms with Crippen LogP contribution in [-0.2, 0) is 9.63 Å². The highest BCUT2D eigenvalue weighted by atomic mass is 35.5. The molecule has 1 aromatic carbocycles. The topological polar surface area (TPSA) is 88.6 Å². The summed E-state index contributed by atoms with van der Waals surface area (Å²) in [6.45, 7) is 2.25. The Balaban J connectivity index is 1.75. The Kier molecular flexibility index (Phi) is 7.01. The number of ether oxygens (including phenoxy) is 1. The molecule has 164 valence electrons. The van der Waals surface area contributed by atoms with E-state index in [4.69, 9.17) is 21.2 Å². The lowest BCUT2D eigenvalue weighted by Crippen LogP contribution is -2.31. The zero-order chi connectivity index (χ0) is 21.6. The van der Waals surface area contributed by atoms with Gasteiger partial charge in [0.15, 0.2) is 5.82 Å². The van der Waals surface area contributed by atoms with E-state index in [0.717, 1.165) is 39.4 Å². The summed E-state index contributed by atoms with van der Waals surface area (Å²) < 4.78 is 5.90. The van der Waals surface area contributed by atoms with Crippen LogP contribution in [0.2, 0.25) is 0 Å². The van der Waals surface area contributed by atoms with Gasteiger partial charge in [0.2, 0.25) is 5.91 Å². The van der Waals surface area contributed by atoms with Gasteiger partial charge in [-0.15, -0.1) is 0 Å². The molecule has 2 aromatic rings. The van der Waals surface area contributed by atoms with Crippen molar-refractivity contribution in [3.63, 3.8) is 0 Å². The minimum atomic E-state index is 0.0233. The number of amides is 1. The van der Waals surface area contributed by atoms with Crippen molar-refractivity contribution in [3.05, 3.63) is 46.9 Å². The average Bonchev–Trinajstić information content (AvgIpc) is 2.78. The van der Waals surface area contributed by atoms with Crippen molar-refractivity contribution in [3.8, 4) is 5.75 Å². The van der Waals surface area contributed by atoms with E-state index in [1.807, 2.05) is 24.3 Å². The number of anilines is 1. The molecule has 31 heavy (non-hydrogen) atoms. The van der Waals surface area contributed by atoms with Crippen molar-refractivity contribution < 1.29 is 14.4 Å². The largest absolute Gasteiger partial charge is 0.494 e. The zero-order valence-corrected chi connectivity index (χ0v) is 18.2. The second kappa shape index (κ2) is 10.1. The summed E-state index contributed by atoms with van der Waals surface area (Å²) in [5, 5.41) is 9.66. The molecule has 0 saturated carbocycles. The van der Waals surface area contributed by atoms with Crippen molar-refractivity contribution in [2.75, 3.05) is 38.4 Å². The maximum absolute atomic E-state index is 12.0. The monoisotopic (exact) mass is 443 g/mol. The van der Waals surface area contributed by atoms with Crippen molar-refractivity contribution in [2.45, 2.75) is 25.7 Å². The van der Waals surface area contributed by atoms with Crippen LogP contribution in [0.5, 0.6) is 5.75 Å². The van der Waals surface area contributed by atoms with E-state index >= 15 is 0 Å². The Morgan fingerprint density at radius 2 is 2.16 bits per heavy atom. The number of carbonyl (C=O) groups is 1. The van der Waals surface area contributed by atoms with Crippen LogP contribution in [0.15, 0.2) is 46.9 Å². The molecule has 0 radical (unpaired) electrons. The smallest absolute Gasteiger partial charge is 0.221 e. The van der Waals surface area contributed by atoms with E-state index < -0.39 is 0 Å². The maximum Gasteiger partial charge on any atom is 0.221 e. The standard InChI is InChI=1S/C22H26ClN5O3/c1-30-28-20-6-3-16(23)11-15(20)13-24-9-7-21(29)25-8-2-10-31-17-4-5-19-18(12-17)22(28)27-14-26-19/h3-5,12,14,24H,2,6-11,13H2,1H3,(H,25,29). The van der Waals surface area contributed by atoms with E-state index in [0.29, 0.717) is 51.3 Å². The third-order valence-electron chi connectivity index (χ3n) is 5.29. The van der Waals surface area contributed by atoms with Gasteiger partial charge in [0.05, 0.1) is 24.9 Å². The molecule has 8 nitrogen and oxygen atoms in total. The van der Waals surface area contributed by atoms with Crippen LogP contribution in [0.3, 0.4) is 0 Å². The van der Waals surface area contributed by atoms with Crippen LogP contribution in [0.1, 0.15) is 25.7 Å². The number of nitrogens with zero attached hydrogens (tertiary/aromatic N) is 3. The first-order valence-electron chi connectivity index (χ1n) is 10.4. The minimum absolute atomic E-state index is 0.0233. The fourth-order valence-corrected chi connectivity index (χ4v) is 3.98. The number of allylic oxidation sites excluding steroid dienone is 2. The molecular weight excluding hydrogens is 418 g/mol. The Morgan fingerprint density at radius 3 is 3.03 bits per heavy atom. The summed E-state index contributed by atoms with van der Waals surface area (Å²) in [6, 6.07) is 5.73. The molecule has 1 aliphatic heterocycles. The summed E-state index contributed by atoms with van der Waals surface area (Å²) in [5.41, 5.74) is 2.87. The van der Waals surface area contributed by atoms with Gasteiger partial charge in [-0.1, -0.05) is 17.7 Å². The number of benzene rings is 1. The SMILES string of the molecule is CON1C2=C(CNCCC(=O)NCCCOc3ccc4ncnc1c4c3)CC(Cl)=CC2. The molecule has 2 N–H and O–H groups in total. The highest BCUT2D eigenvalue weighted by molar-refractivity contribution is 6.29. The average molecular weight is 444 g/mol. The minimum Gasteiger partial charge on any atom is -0.494 e. The second-order valence-corrected chi connectivity index (χ2v) is 7.90. The van der Waals surface area contributed by atoms with Gasteiger partial charge in [0.1, 0.15) is 12.1 Å². The number of aromatic nitrogens is 2. The first-order chi connectivity index (χ1) is 15.2. The molecule has 0 spiro atoms. The molecule has 9 heteroatoms. The van der Waals surface area contributed by atoms with E-state index in [2.05, 4.69) is 20.6 Å². The molecule has 0 saturated heterocycles. The summed E-state index contributed by atoms with van der Waals surface area (Å²) in [4.78, 5) is 26.8. The van der Waals surface area contributed by atoms with Gasteiger partial charge in [-0.3, -0.25) is 9.63 Å². The molecule has 1 amide bonds. The molecule has 0 fully saturated rings. The molecule has 2 heterocycles. The van der Waals surface area contributed by atoms with E-state index in [1.54, 1.807) is 12.2 Å². The van der Waals surface area contributed by atoms with Crippen LogP contribution < -0.4 is 20.4 Å². The second-order valence-electron chi connectivity index (χ2n) is 7.41. The van der Waals surface area contributed by atoms with Gasteiger partial charge < -0.3 is 15.4 Å². The molecule has 1 aromatic heterocycles. The Bertz CT molecular complexity index is 1020. The van der Waals surface area contributed by atoms with Gasteiger partial charge in [-0.2, -0.15) is 0 Å². The van der Waals surface area contributed by atoms with E-state index in [9.17, 15) is 4.79 Å². The van der Waals surface area contributed by atoms with Crippen LogP contribution in [0, 0.1) is 0 Å². The third-order valence-corrected chi connectivity index (χ3v) is 5.58. The maximum atomic E-state index is 12.0. The Labute approximate surface area is 186 Å². The normalized spacial score (nSPS) is 18.8. The Morgan fingerprint density at radius 1 is 1.26 bits per heavy atom. The number of hydrogen-bond acceptors (Lipinski definition) is 7. The first kappa shape index (κ1) is 21.5. The molecule has 4 rings (SSSR count). The lowest BCUT2D eigenvalue weighted by atomic mass is 10.0. The predicted octanol–water partition coefficient (Wildman–Crippen LogP) is 3.05. The van der Waals surface area contributed by atoms with E-state index in [-0.39, 0.29) is 5.91 Å².